The van der Waals surface area contributed by atoms with E-state index in [0.717, 1.165) is 0 Å². The van der Waals surface area contributed by atoms with Crippen molar-refractivity contribution in [1.82, 2.24) is 5.32 Å². The van der Waals surface area contributed by atoms with E-state index in [2.05, 4.69) is 5.32 Å². The maximum Gasteiger partial charge on any atom is 0.326 e. The van der Waals surface area contributed by atoms with Gasteiger partial charge >= 0.3 is 5.97 Å². The first-order valence-electron chi connectivity index (χ1n) is 6.18. The number of benzene rings is 1. The topological polar surface area (TPSA) is 101 Å². The molecule has 0 saturated carbocycles. The second-order valence-electron chi connectivity index (χ2n) is 4.20. The molecule has 1 rings (SSSR count). The van der Waals surface area contributed by atoms with Crippen molar-refractivity contribution in [3.8, 4) is 0 Å². The fraction of sp³-hybridized carbons (Fsp3) is 0.385. The summed E-state index contributed by atoms with van der Waals surface area (Å²) in [4.78, 5) is 22.8. The zero-order chi connectivity index (χ0) is 15.3. The molecule has 110 valence electrons. The molecule has 0 saturated heterocycles. The SMILES string of the molecule is CC[C@@H](NC(=O)c1cccc(S(=O)(=O)CC)c1)C(=O)O. The highest BCUT2D eigenvalue weighted by atomic mass is 32.2. The first-order chi connectivity index (χ1) is 9.31. The van der Waals surface area contributed by atoms with Crippen molar-refractivity contribution in [3.05, 3.63) is 29.8 Å². The molecule has 1 aromatic rings. The van der Waals surface area contributed by atoms with Crippen LogP contribution >= 0.6 is 0 Å². The molecule has 0 radical (unpaired) electrons. The minimum atomic E-state index is -3.40. The molecule has 7 heteroatoms. The number of hydrogen-bond donors (Lipinski definition) is 2. The highest BCUT2D eigenvalue weighted by Gasteiger charge is 2.20. The number of rotatable bonds is 6. The molecule has 2 N–H and O–H groups in total. The van der Waals surface area contributed by atoms with E-state index in [-0.39, 0.29) is 22.6 Å². The van der Waals surface area contributed by atoms with E-state index >= 15 is 0 Å². The molecular formula is C13H17NO5S. The van der Waals surface area contributed by atoms with Gasteiger partial charge in [0, 0.05) is 5.56 Å². The molecule has 0 spiro atoms. The maximum absolute atomic E-state index is 11.9. The Balaban J connectivity index is 3.01. The lowest BCUT2D eigenvalue weighted by molar-refractivity contribution is -0.139. The molecule has 0 fully saturated rings. The molecule has 20 heavy (non-hydrogen) atoms. The van der Waals surface area contributed by atoms with Crippen LogP contribution in [0.15, 0.2) is 29.2 Å². The van der Waals surface area contributed by atoms with Gasteiger partial charge in [0.2, 0.25) is 0 Å². The van der Waals surface area contributed by atoms with Crippen LogP contribution in [0.4, 0.5) is 0 Å². The highest BCUT2D eigenvalue weighted by Crippen LogP contribution is 2.13. The lowest BCUT2D eigenvalue weighted by Gasteiger charge is -2.12. The second kappa shape index (κ2) is 6.51. The summed E-state index contributed by atoms with van der Waals surface area (Å²) in [6.45, 7) is 3.15. The van der Waals surface area contributed by atoms with E-state index in [9.17, 15) is 18.0 Å². The number of amides is 1. The van der Waals surface area contributed by atoms with Crippen molar-refractivity contribution in [2.45, 2.75) is 31.2 Å². The number of carboxylic acid groups (broad SMARTS) is 1. The van der Waals surface area contributed by atoms with Crippen LogP contribution in [0.1, 0.15) is 30.6 Å². The summed E-state index contributed by atoms with van der Waals surface area (Å²) in [5.74, 6) is -1.80. The third-order valence-corrected chi connectivity index (χ3v) is 4.58. The molecule has 0 aliphatic rings. The van der Waals surface area contributed by atoms with Gasteiger partial charge in [-0.05, 0) is 24.6 Å². The van der Waals surface area contributed by atoms with Crippen LogP contribution in [-0.2, 0) is 14.6 Å². The van der Waals surface area contributed by atoms with Gasteiger partial charge < -0.3 is 10.4 Å². The molecule has 1 aromatic carbocycles. The number of aliphatic carboxylic acids is 1. The predicted molar refractivity (Wildman–Crippen MR) is 73.3 cm³/mol. The average molecular weight is 299 g/mol. The van der Waals surface area contributed by atoms with Crippen LogP contribution < -0.4 is 5.32 Å². The molecule has 0 unspecified atom stereocenters. The van der Waals surface area contributed by atoms with Crippen LogP contribution in [0.2, 0.25) is 0 Å². The fourth-order valence-corrected chi connectivity index (χ4v) is 2.50. The van der Waals surface area contributed by atoms with Gasteiger partial charge in [-0.15, -0.1) is 0 Å². The first-order valence-corrected chi connectivity index (χ1v) is 7.83. The second-order valence-corrected chi connectivity index (χ2v) is 6.48. The van der Waals surface area contributed by atoms with E-state index in [1.165, 1.54) is 31.2 Å². The van der Waals surface area contributed by atoms with Crippen LogP contribution in [0.25, 0.3) is 0 Å². The van der Waals surface area contributed by atoms with Crippen LogP contribution in [0.3, 0.4) is 0 Å². The largest absolute Gasteiger partial charge is 0.480 e. The Morgan fingerprint density at radius 2 is 1.95 bits per heavy atom. The Morgan fingerprint density at radius 3 is 2.45 bits per heavy atom. The lowest BCUT2D eigenvalue weighted by Crippen LogP contribution is -2.40. The number of carboxylic acids is 1. The first kappa shape index (κ1) is 16.2. The third-order valence-electron chi connectivity index (χ3n) is 2.85. The van der Waals surface area contributed by atoms with Crippen molar-refractivity contribution >= 4 is 21.7 Å². The van der Waals surface area contributed by atoms with E-state index < -0.39 is 27.8 Å². The standard InChI is InChI=1S/C13H17NO5S/c1-3-11(13(16)17)14-12(15)9-6-5-7-10(8-9)20(18,19)4-2/h5-8,11H,3-4H2,1-2H3,(H,14,15)(H,16,17)/t11-/m1/s1. The zero-order valence-electron chi connectivity index (χ0n) is 11.3. The highest BCUT2D eigenvalue weighted by molar-refractivity contribution is 7.91. The third kappa shape index (κ3) is 3.80. The predicted octanol–water partition coefficient (Wildman–Crippen LogP) is 1.07. The van der Waals surface area contributed by atoms with Gasteiger partial charge in [0.05, 0.1) is 10.6 Å². The normalized spacial score (nSPS) is 12.7. The number of hydrogen-bond acceptors (Lipinski definition) is 4. The molecule has 0 aliphatic heterocycles. The average Bonchev–Trinajstić information content (AvgIpc) is 2.44. The molecule has 0 aliphatic carbocycles. The maximum atomic E-state index is 11.9. The van der Waals surface area contributed by atoms with Crippen LogP contribution in [0.5, 0.6) is 0 Å². The smallest absolute Gasteiger partial charge is 0.326 e. The van der Waals surface area contributed by atoms with Gasteiger partial charge in [-0.25, -0.2) is 13.2 Å². The van der Waals surface area contributed by atoms with Crippen molar-refractivity contribution in [1.29, 1.82) is 0 Å². The molecular weight excluding hydrogens is 282 g/mol. The van der Waals surface area contributed by atoms with Gasteiger partial charge in [0.25, 0.3) is 5.91 Å². The van der Waals surface area contributed by atoms with E-state index in [4.69, 9.17) is 5.11 Å². The minimum absolute atomic E-state index is 0.0519. The van der Waals surface area contributed by atoms with Gasteiger partial charge in [0.15, 0.2) is 9.84 Å². The van der Waals surface area contributed by atoms with Crippen molar-refractivity contribution in [2.24, 2.45) is 0 Å². The fourth-order valence-electron chi connectivity index (χ4n) is 1.58. The Kier molecular flexibility index (Phi) is 5.26. The summed E-state index contributed by atoms with van der Waals surface area (Å²) in [5, 5.41) is 11.2. The summed E-state index contributed by atoms with van der Waals surface area (Å²) in [5.41, 5.74) is 0.124. The Morgan fingerprint density at radius 1 is 1.30 bits per heavy atom. The van der Waals surface area contributed by atoms with Crippen LogP contribution in [-0.4, -0.2) is 37.2 Å². The zero-order valence-corrected chi connectivity index (χ0v) is 12.1. The van der Waals surface area contributed by atoms with Gasteiger partial charge in [-0.2, -0.15) is 0 Å². The monoisotopic (exact) mass is 299 g/mol. The molecule has 6 nitrogen and oxygen atoms in total. The van der Waals surface area contributed by atoms with Crippen molar-refractivity contribution in [3.63, 3.8) is 0 Å². The number of carbonyl (C=O) groups excluding carboxylic acids is 1. The molecule has 1 atom stereocenters. The lowest BCUT2D eigenvalue weighted by atomic mass is 10.1. The van der Waals surface area contributed by atoms with Crippen LogP contribution in [0, 0.1) is 0 Å². The van der Waals surface area contributed by atoms with Gasteiger partial charge in [0.1, 0.15) is 6.04 Å². The minimum Gasteiger partial charge on any atom is -0.480 e. The molecule has 0 aromatic heterocycles. The number of sulfone groups is 1. The molecule has 0 heterocycles. The van der Waals surface area contributed by atoms with Crippen molar-refractivity contribution in [2.75, 3.05) is 5.75 Å². The summed E-state index contributed by atoms with van der Waals surface area (Å²) < 4.78 is 23.5. The van der Waals surface area contributed by atoms with E-state index in [0.29, 0.717) is 0 Å². The summed E-state index contributed by atoms with van der Waals surface area (Å²) in [7, 11) is -3.40. The van der Waals surface area contributed by atoms with Gasteiger partial charge in [-0.3, -0.25) is 4.79 Å². The van der Waals surface area contributed by atoms with Crippen molar-refractivity contribution < 1.29 is 23.1 Å². The van der Waals surface area contributed by atoms with E-state index in [1.807, 2.05) is 0 Å². The number of carbonyl (C=O) groups is 2. The summed E-state index contributed by atoms with van der Waals surface area (Å²) in [6, 6.07) is 4.57. The quantitative estimate of drug-likeness (QED) is 0.818. The summed E-state index contributed by atoms with van der Waals surface area (Å²) in [6.07, 6.45) is 0.244. The molecule has 0 bridgehead atoms. The van der Waals surface area contributed by atoms with Gasteiger partial charge in [-0.1, -0.05) is 19.9 Å². The Hall–Kier alpha value is -1.89. The molecule has 1 amide bonds. The Labute approximate surface area is 117 Å². The van der Waals surface area contributed by atoms with E-state index in [1.54, 1.807) is 6.92 Å². The summed E-state index contributed by atoms with van der Waals surface area (Å²) >= 11 is 0. The number of nitrogens with one attached hydrogen (secondary N) is 1. The Bertz CT molecular complexity index is 609.